The van der Waals surface area contributed by atoms with Gasteiger partial charge in [0.2, 0.25) is 5.95 Å². The molecule has 44 heavy (non-hydrogen) atoms. The summed E-state index contributed by atoms with van der Waals surface area (Å²) >= 11 is 0. The SMILES string of the molecule is Nc1nc2c(ncn2[C@@H]2O[C@H](CO)C[C@H]2OP(=O)(O)OC[C@H]2O[C@@H](n3cnc4c(=O)[nH]cnc43)[C@@H](F)[C@@H]2O[P+](=O)O)c(=O)[nH]1. The predicted octanol–water partition coefficient (Wildman–Crippen LogP) is -1.11. The van der Waals surface area contributed by atoms with Crippen LogP contribution in [0.2, 0.25) is 0 Å². The molecule has 9 atom stereocenters. The highest BCUT2D eigenvalue weighted by molar-refractivity contribution is 7.47. The van der Waals surface area contributed by atoms with E-state index in [2.05, 4.69) is 29.9 Å². The Balaban J connectivity index is 1.21. The molecule has 2 aliphatic rings. The molecule has 6 rings (SSSR count). The quantitative estimate of drug-likeness (QED) is 0.110. The van der Waals surface area contributed by atoms with E-state index < -0.39 is 83.5 Å². The molecular formula is C20H23FN9O12P2+. The first-order valence-electron chi connectivity index (χ1n) is 12.6. The van der Waals surface area contributed by atoms with Crippen LogP contribution in [-0.4, -0.2) is 97.7 Å². The number of aromatic nitrogens is 8. The van der Waals surface area contributed by atoms with Crippen LogP contribution in [0, 0.1) is 0 Å². The van der Waals surface area contributed by atoms with Gasteiger partial charge in [0, 0.05) is 11.0 Å². The Morgan fingerprint density at radius 2 is 1.84 bits per heavy atom. The summed E-state index contributed by atoms with van der Waals surface area (Å²) in [7, 11) is -8.39. The van der Waals surface area contributed by atoms with Gasteiger partial charge in [-0.05, 0) is 0 Å². The lowest BCUT2D eigenvalue weighted by molar-refractivity contribution is -0.0589. The zero-order chi connectivity index (χ0) is 31.3. The summed E-state index contributed by atoms with van der Waals surface area (Å²) in [4.78, 5) is 64.5. The van der Waals surface area contributed by atoms with Crippen molar-refractivity contribution in [1.82, 2.24) is 39.0 Å². The molecule has 0 saturated carbocycles. The highest BCUT2D eigenvalue weighted by atomic mass is 31.2. The highest BCUT2D eigenvalue weighted by Gasteiger charge is 2.53. The van der Waals surface area contributed by atoms with Crippen molar-refractivity contribution in [3.05, 3.63) is 39.7 Å². The molecule has 4 aromatic rings. The second-order valence-electron chi connectivity index (χ2n) is 9.62. The smallest absolute Gasteiger partial charge is 0.394 e. The maximum absolute atomic E-state index is 15.5. The maximum Gasteiger partial charge on any atom is 0.695 e. The molecule has 0 aliphatic carbocycles. The molecule has 2 fully saturated rings. The van der Waals surface area contributed by atoms with Gasteiger partial charge in [-0.25, -0.2) is 23.9 Å². The second-order valence-corrected chi connectivity index (χ2v) is 11.7. The number of fused-ring (bicyclic) bond motifs is 2. The molecule has 0 spiro atoms. The summed E-state index contributed by atoms with van der Waals surface area (Å²) in [5.41, 5.74) is 4.04. The molecule has 4 aromatic heterocycles. The van der Waals surface area contributed by atoms with E-state index in [9.17, 15) is 33.6 Å². The lowest BCUT2D eigenvalue weighted by Crippen LogP contribution is -2.33. The molecule has 24 heteroatoms. The van der Waals surface area contributed by atoms with Crippen LogP contribution in [0.3, 0.4) is 0 Å². The Hall–Kier alpha value is -3.56. The zero-order valence-corrected chi connectivity index (χ0v) is 23.7. The third kappa shape index (κ3) is 5.68. The van der Waals surface area contributed by atoms with Gasteiger partial charge in [-0.3, -0.25) is 32.8 Å². The Bertz CT molecular complexity index is 1880. The largest absolute Gasteiger partial charge is 0.695 e. The number of hydrogen-bond acceptors (Lipinski definition) is 15. The molecule has 7 N–H and O–H groups in total. The number of H-pyrrole nitrogens is 2. The molecule has 0 amide bonds. The van der Waals surface area contributed by atoms with E-state index in [-0.39, 0.29) is 34.7 Å². The average Bonchev–Trinajstić information content (AvgIpc) is 3.73. The number of phosphoric ester groups is 1. The summed E-state index contributed by atoms with van der Waals surface area (Å²) in [5.74, 6) is -0.233. The van der Waals surface area contributed by atoms with Gasteiger partial charge in [-0.15, -0.1) is 9.42 Å². The molecule has 2 aliphatic heterocycles. The number of nitrogen functional groups attached to an aromatic ring is 1. The first-order chi connectivity index (χ1) is 21.0. The number of phosphoric acid groups is 1. The number of aliphatic hydroxyl groups is 1. The number of halogens is 1. The number of alkyl halides is 1. The van der Waals surface area contributed by atoms with Gasteiger partial charge in [-0.2, -0.15) is 4.98 Å². The number of aliphatic hydroxyl groups excluding tert-OH is 1. The van der Waals surface area contributed by atoms with Crippen LogP contribution in [0.5, 0.6) is 0 Å². The van der Waals surface area contributed by atoms with Crippen LogP contribution in [0.4, 0.5) is 10.3 Å². The highest BCUT2D eigenvalue weighted by Crippen LogP contribution is 2.50. The third-order valence-electron chi connectivity index (χ3n) is 6.86. The number of imidazole rings is 2. The summed E-state index contributed by atoms with van der Waals surface area (Å²) in [6, 6.07) is 0. The number of aromatic amines is 2. The van der Waals surface area contributed by atoms with Gasteiger partial charge >= 0.3 is 16.1 Å². The van der Waals surface area contributed by atoms with Crippen LogP contribution in [-0.2, 0) is 32.2 Å². The monoisotopic (exact) mass is 662 g/mol. The van der Waals surface area contributed by atoms with E-state index in [0.717, 1.165) is 17.2 Å². The lowest BCUT2D eigenvalue weighted by atomic mass is 10.1. The van der Waals surface area contributed by atoms with Crippen LogP contribution in [0.1, 0.15) is 18.9 Å². The number of nitrogens with one attached hydrogen (secondary N) is 2. The molecule has 2 saturated heterocycles. The topological polar surface area (TPSA) is 294 Å². The molecule has 0 aromatic carbocycles. The van der Waals surface area contributed by atoms with E-state index in [0.29, 0.717) is 0 Å². The van der Waals surface area contributed by atoms with Crippen molar-refractivity contribution in [2.45, 2.75) is 49.5 Å². The van der Waals surface area contributed by atoms with E-state index >= 15 is 4.39 Å². The third-order valence-corrected chi connectivity index (χ3v) is 8.30. The van der Waals surface area contributed by atoms with Crippen molar-refractivity contribution >= 4 is 44.4 Å². The fraction of sp³-hybridized carbons (Fsp3) is 0.500. The van der Waals surface area contributed by atoms with Crippen molar-refractivity contribution in [1.29, 1.82) is 0 Å². The Morgan fingerprint density at radius 1 is 1.14 bits per heavy atom. The molecule has 6 heterocycles. The number of ether oxygens (including phenoxy) is 2. The minimum atomic E-state index is -5.03. The second kappa shape index (κ2) is 11.7. The lowest BCUT2D eigenvalue weighted by Gasteiger charge is -2.23. The fourth-order valence-electron chi connectivity index (χ4n) is 5.00. The Labute approximate surface area is 243 Å². The van der Waals surface area contributed by atoms with Crippen LogP contribution in [0.25, 0.3) is 22.3 Å². The Morgan fingerprint density at radius 3 is 2.55 bits per heavy atom. The first kappa shape index (κ1) is 30.5. The van der Waals surface area contributed by atoms with E-state index in [1.54, 1.807) is 0 Å². The minimum Gasteiger partial charge on any atom is -0.394 e. The van der Waals surface area contributed by atoms with Crippen LogP contribution < -0.4 is 16.9 Å². The van der Waals surface area contributed by atoms with Gasteiger partial charge < -0.3 is 30.2 Å². The van der Waals surface area contributed by atoms with Gasteiger partial charge in [0.1, 0.15) is 12.2 Å². The number of hydrogen-bond donors (Lipinski definition) is 6. The Kier molecular flexibility index (Phi) is 8.13. The summed E-state index contributed by atoms with van der Waals surface area (Å²) in [6.45, 7) is -1.37. The fourth-order valence-corrected chi connectivity index (χ4v) is 6.39. The van der Waals surface area contributed by atoms with Gasteiger partial charge in [0.25, 0.3) is 11.1 Å². The first-order valence-corrected chi connectivity index (χ1v) is 15.3. The zero-order valence-electron chi connectivity index (χ0n) is 21.9. The number of rotatable bonds is 10. The number of nitrogens with two attached hydrogens (primary N) is 1. The molecule has 21 nitrogen and oxygen atoms in total. The molecule has 236 valence electrons. The molecule has 2 unspecified atom stereocenters. The number of nitrogens with zero attached hydrogens (tertiary/aromatic N) is 6. The van der Waals surface area contributed by atoms with Gasteiger partial charge in [-0.1, -0.05) is 0 Å². The van der Waals surface area contributed by atoms with Crippen molar-refractivity contribution in [3.8, 4) is 0 Å². The predicted molar refractivity (Wildman–Crippen MR) is 140 cm³/mol. The van der Waals surface area contributed by atoms with E-state index in [1.807, 2.05) is 0 Å². The summed E-state index contributed by atoms with van der Waals surface area (Å²) in [5, 5.41) is 9.66. The van der Waals surface area contributed by atoms with Crippen molar-refractivity contribution in [2.75, 3.05) is 18.9 Å². The van der Waals surface area contributed by atoms with Crippen LogP contribution in [0.15, 0.2) is 28.6 Å². The van der Waals surface area contributed by atoms with Crippen LogP contribution >= 0.6 is 16.1 Å². The normalized spacial score (nSPS) is 29.0. The number of anilines is 1. The van der Waals surface area contributed by atoms with Gasteiger partial charge in [0.05, 0.1) is 38.3 Å². The summed E-state index contributed by atoms with van der Waals surface area (Å²) < 4.78 is 68.9. The average molecular weight is 662 g/mol. The van der Waals surface area contributed by atoms with Gasteiger partial charge in [0.15, 0.2) is 47.1 Å². The summed E-state index contributed by atoms with van der Waals surface area (Å²) in [6.07, 6.45) is -7.23. The maximum atomic E-state index is 15.5. The van der Waals surface area contributed by atoms with Crippen molar-refractivity contribution in [2.24, 2.45) is 0 Å². The molecular weight excluding hydrogens is 639 g/mol. The standard InChI is InChI=1S/C20H22FN9O12P2/c21-10-13(41-43(34)35)9(40-19(10)29-5-25-11-14(29)23-4-24-16(11)32)3-38-44(36,37)42-8-1-7(2-31)39-18(8)30-6-26-12-15(30)27-20(22)28-17(12)33/h4-10,13,18-19,31H,1-3H2,(H5-,22,23,24,27,28,32,33,34,35,36,37)/p+1/t7-,8+,9+,10-,13+,18+,19+/m0/s1. The van der Waals surface area contributed by atoms with Crippen molar-refractivity contribution < 1.29 is 51.5 Å². The minimum absolute atomic E-state index is 0.0295. The molecule has 0 bridgehead atoms. The van der Waals surface area contributed by atoms with E-state index in [1.165, 1.54) is 10.9 Å². The van der Waals surface area contributed by atoms with Crippen molar-refractivity contribution in [3.63, 3.8) is 0 Å². The van der Waals surface area contributed by atoms with E-state index in [4.69, 9.17) is 28.8 Å². The molecule has 0 radical (unpaired) electrons.